The first kappa shape index (κ1) is 13.9. The number of aromatic nitrogens is 1. The first-order valence-electron chi connectivity index (χ1n) is 7.52. The molecule has 1 atom stereocenters. The predicted octanol–water partition coefficient (Wildman–Crippen LogP) is 4.01. The van der Waals surface area contributed by atoms with Crippen LogP contribution in [0.3, 0.4) is 0 Å². The maximum atomic E-state index is 3.29. The van der Waals surface area contributed by atoms with Crippen molar-refractivity contribution < 1.29 is 0 Å². The van der Waals surface area contributed by atoms with Crippen LogP contribution in [-0.2, 0) is 5.54 Å². The smallest absolute Gasteiger partial charge is 0.0680 e. The van der Waals surface area contributed by atoms with Gasteiger partial charge in [0.05, 0.1) is 5.54 Å². The zero-order valence-electron chi connectivity index (χ0n) is 12.7. The van der Waals surface area contributed by atoms with Crippen LogP contribution < -0.4 is 5.32 Å². The number of benzene rings is 2. The Morgan fingerprint density at radius 3 is 2.43 bits per heavy atom. The molecule has 0 aliphatic rings. The Balaban J connectivity index is 2.15. The molecular weight excluding hydrogens is 256 g/mol. The van der Waals surface area contributed by atoms with Crippen LogP contribution in [0.25, 0.3) is 10.9 Å². The van der Waals surface area contributed by atoms with Gasteiger partial charge < -0.3 is 9.88 Å². The third kappa shape index (κ3) is 2.47. The van der Waals surface area contributed by atoms with Crippen LogP contribution in [0.1, 0.15) is 18.9 Å². The summed E-state index contributed by atoms with van der Waals surface area (Å²) in [6, 6.07) is 21.6. The number of nitrogens with one attached hydrogen (secondary N) is 1. The average molecular weight is 278 g/mol. The maximum absolute atomic E-state index is 3.29. The Bertz CT molecular complexity index is 715. The molecule has 0 saturated heterocycles. The van der Waals surface area contributed by atoms with Gasteiger partial charge in [0.25, 0.3) is 0 Å². The van der Waals surface area contributed by atoms with Crippen LogP contribution in [0.4, 0.5) is 0 Å². The van der Waals surface area contributed by atoms with Gasteiger partial charge in [-0.15, -0.1) is 0 Å². The minimum Gasteiger partial charge on any atom is -0.337 e. The van der Waals surface area contributed by atoms with E-state index in [2.05, 4.69) is 83.7 Å². The monoisotopic (exact) mass is 278 g/mol. The van der Waals surface area contributed by atoms with Crippen molar-refractivity contribution in [3.8, 4) is 0 Å². The number of rotatable bonds is 5. The van der Waals surface area contributed by atoms with Crippen LogP contribution in [0.2, 0.25) is 0 Å². The second kappa shape index (κ2) is 5.74. The van der Waals surface area contributed by atoms with Gasteiger partial charge in [0, 0.05) is 11.7 Å². The summed E-state index contributed by atoms with van der Waals surface area (Å²) in [6.45, 7) is 3.31. The van der Waals surface area contributed by atoms with E-state index in [0.717, 1.165) is 13.0 Å². The van der Waals surface area contributed by atoms with Gasteiger partial charge in [0.2, 0.25) is 0 Å². The molecule has 0 aliphatic heterocycles. The van der Waals surface area contributed by atoms with Crippen molar-refractivity contribution in [3.05, 3.63) is 72.4 Å². The maximum Gasteiger partial charge on any atom is 0.0680 e. The quantitative estimate of drug-likeness (QED) is 0.746. The average Bonchev–Trinajstić information content (AvgIpc) is 2.98. The number of para-hydroxylation sites is 1. The van der Waals surface area contributed by atoms with E-state index in [4.69, 9.17) is 0 Å². The van der Waals surface area contributed by atoms with Gasteiger partial charge in [-0.2, -0.15) is 0 Å². The lowest BCUT2D eigenvalue weighted by Gasteiger charge is -2.33. The van der Waals surface area contributed by atoms with E-state index in [-0.39, 0.29) is 5.54 Å². The van der Waals surface area contributed by atoms with Crippen molar-refractivity contribution >= 4 is 10.9 Å². The molecule has 1 N–H and O–H groups in total. The van der Waals surface area contributed by atoms with Crippen LogP contribution in [0.5, 0.6) is 0 Å². The summed E-state index contributed by atoms with van der Waals surface area (Å²) in [5.41, 5.74) is 2.59. The Morgan fingerprint density at radius 2 is 1.67 bits per heavy atom. The Hall–Kier alpha value is -2.06. The highest BCUT2D eigenvalue weighted by Crippen LogP contribution is 2.33. The molecule has 21 heavy (non-hydrogen) atoms. The topological polar surface area (TPSA) is 17.0 Å². The molecule has 3 aromatic rings. The number of hydrogen-bond donors (Lipinski definition) is 1. The fraction of sp³-hybridized carbons (Fsp3) is 0.263. The van der Waals surface area contributed by atoms with Crippen molar-refractivity contribution in [2.45, 2.75) is 18.9 Å². The molecule has 3 rings (SSSR count). The lowest BCUT2D eigenvalue weighted by atomic mass is 9.88. The third-order valence-electron chi connectivity index (χ3n) is 4.39. The van der Waals surface area contributed by atoms with E-state index in [9.17, 15) is 0 Å². The molecule has 1 aromatic heterocycles. The van der Waals surface area contributed by atoms with E-state index >= 15 is 0 Å². The molecule has 1 unspecified atom stereocenters. The van der Waals surface area contributed by atoms with Gasteiger partial charge >= 0.3 is 0 Å². The number of nitrogens with zero attached hydrogens (tertiary/aromatic N) is 1. The van der Waals surface area contributed by atoms with Crippen LogP contribution in [-0.4, -0.2) is 18.2 Å². The summed E-state index contributed by atoms with van der Waals surface area (Å²) in [4.78, 5) is 0. The fourth-order valence-corrected chi connectivity index (χ4v) is 3.08. The highest BCUT2D eigenvalue weighted by atomic mass is 15.1. The number of hydrogen-bond acceptors (Lipinski definition) is 1. The fourth-order valence-electron chi connectivity index (χ4n) is 3.08. The summed E-state index contributed by atoms with van der Waals surface area (Å²) >= 11 is 0. The Kier molecular flexibility index (Phi) is 3.80. The minimum atomic E-state index is -0.0482. The van der Waals surface area contributed by atoms with E-state index < -0.39 is 0 Å². The molecule has 2 aromatic carbocycles. The second-order valence-corrected chi connectivity index (χ2v) is 5.74. The predicted molar refractivity (Wildman–Crippen MR) is 89.7 cm³/mol. The van der Waals surface area contributed by atoms with E-state index in [1.807, 2.05) is 7.05 Å². The molecule has 2 heteroatoms. The van der Waals surface area contributed by atoms with Crippen molar-refractivity contribution in [1.29, 1.82) is 0 Å². The van der Waals surface area contributed by atoms with E-state index in [1.165, 1.54) is 16.5 Å². The zero-order valence-corrected chi connectivity index (χ0v) is 12.7. The van der Waals surface area contributed by atoms with Crippen molar-refractivity contribution in [2.75, 3.05) is 13.6 Å². The van der Waals surface area contributed by atoms with Crippen molar-refractivity contribution in [3.63, 3.8) is 0 Å². The van der Waals surface area contributed by atoms with E-state index in [0.29, 0.717) is 0 Å². The van der Waals surface area contributed by atoms with Gasteiger partial charge in [0.15, 0.2) is 0 Å². The SMILES string of the molecule is CNCCC(C)(c1ccccc1)n1ccc2ccccc21. The molecule has 2 nitrogen and oxygen atoms in total. The lowest BCUT2D eigenvalue weighted by Crippen LogP contribution is -2.34. The first-order chi connectivity index (χ1) is 10.3. The van der Waals surface area contributed by atoms with Crippen LogP contribution in [0.15, 0.2) is 66.9 Å². The highest BCUT2D eigenvalue weighted by Gasteiger charge is 2.28. The van der Waals surface area contributed by atoms with Gasteiger partial charge in [-0.1, -0.05) is 48.5 Å². The molecular formula is C19H22N2. The highest BCUT2D eigenvalue weighted by molar-refractivity contribution is 5.80. The van der Waals surface area contributed by atoms with Gasteiger partial charge in [-0.25, -0.2) is 0 Å². The van der Waals surface area contributed by atoms with Gasteiger partial charge in [-0.05, 0) is 50.0 Å². The molecule has 0 fully saturated rings. The van der Waals surface area contributed by atoms with Crippen LogP contribution >= 0.6 is 0 Å². The summed E-state index contributed by atoms with van der Waals surface area (Å²) in [5, 5.41) is 4.59. The zero-order chi connectivity index (χ0) is 14.7. The molecule has 0 spiro atoms. The van der Waals surface area contributed by atoms with Crippen molar-refractivity contribution in [2.24, 2.45) is 0 Å². The second-order valence-electron chi connectivity index (χ2n) is 5.74. The van der Waals surface area contributed by atoms with Crippen LogP contribution in [0, 0.1) is 0 Å². The largest absolute Gasteiger partial charge is 0.337 e. The first-order valence-corrected chi connectivity index (χ1v) is 7.52. The molecule has 0 aliphatic carbocycles. The summed E-state index contributed by atoms with van der Waals surface area (Å²) in [7, 11) is 2.01. The van der Waals surface area contributed by atoms with Gasteiger partial charge in [-0.3, -0.25) is 0 Å². The normalized spacial score (nSPS) is 14.2. The molecule has 0 radical (unpaired) electrons. The molecule has 0 amide bonds. The third-order valence-corrected chi connectivity index (χ3v) is 4.39. The van der Waals surface area contributed by atoms with Crippen molar-refractivity contribution in [1.82, 2.24) is 9.88 Å². The molecule has 0 bridgehead atoms. The minimum absolute atomic E-state index is 0.0482. The number of fused-ring (bicyclic) bond motifs is 1. The molecule has 0 saturated carbocycles. The lowest BCUT2D eigenvalue weighted by molar-refractivity contribution is 0.370. The summed E-state index contributed by atoms with van der Waals surface area (Å²) in [6.07, 6.45) is 3.26. The Morgan fingerprint density at radius 1 is 0.952 bits per heavy atom. The molecule has 1 heterocycles. The standard InChI is InChI=1S/C19H22N2/c1-19(13-14-20-2,17-9-4-3-5-10-17)21-15-12-16-8-6-7-11-18(16)21/h3-12,15,20H,13-14H2,1-2H3. The molecule has 108 valence electrons. The summed E-state index contributed by atoms with van der Waals surface area (Å²) < 4.78 is 2.41. The Labute approximate surface area is 126 Å². The summed E-state index contributed by atoms with van der Waals surface area (Å²) in [5.74, 6) is 0. The van der Waals surface area contributed by atoms with Gasteiger partial charge in [0.1, 0.15) is 0 Å². The van der Waals surface area contributed by atoms with E-state index in [1.54, 1.807) is 0 Å².